The molecule has 1 unspecified atom stereocenters. The summed E-state index contributed by atoms with van der Waals surface area (Å²) in [5.41, 5.74) is 8.92. The highest BCUT2D eigenvalue weighted by Crippen LogP contribution is 2.36. The Bertz CT molecular complexity index is 1480. The summed E-state index contributed by atoms with van der Waals surface area (Å²) in [7, 11) is 0. The Labute approximate surface area is 204 Å². The number of aromatic amines is 1. The van der Waals surface area contributed by atoms with Crippen LogP contribution in [0.4, 0.5) is 10.1 Å². The summed E-state index contributed by atoms with van der Waals surface area (Å²) in [5.74, 6) is -0.196. The topological polar surface area (TPSA) is 65.1 Å². The summed E-state index contributed by atoms with van der Waals surface area (Å²) >= 11 is 0. The van der Waals surface area contributed by atoms with E-state index >= 15 is 0 Å². The molecule has 3 heterocycles. The molecule has 5 nitrogen and oxygen atoms in total. The number of dihydropyridines is 1. The number of halogens is 1. The lowest BCUT2D eigenvalue weighted by atomic mass is 9.89. The fourth-order valence-corrected chi connectivity index (χ4v) is 4.51. The van der Waals surface area contributed by atoms with Gasteiger partial charge >= 0.3 is 0 Å². The van der Waals surface area contributed by atoms with E-state index in [-0.39, 0.29) is 11.9 Å². The number of nitrogens with zero attached hydrogens (tertiary/aromatic N) is 2. The van der Waals surface area contributed by atoms with Crippen LogP contribution in [-0.2, 0) is 6.54 Å². The average Bonchev–Trinajstić information content (AvgIpc) is 3.29. The van der Waals surface area contributed by atoms with E-state index < -0.39 is 0 Å². The number of nitrogens with one attached hydrogen (secondary N) is 3. The van der Waals surface area contributed by atoms with Gasteiger partial charge < -0.3 is 15.6 Å². The number of benzene rings is 2. The van der Waals surface area contributed by atoms with Crippen molar-refractivity contribution in [2.45, 2.75) is 33.4 Å². The van der Waals surface area contributed by atoms with Crippen LogP contribution in [0.2, 0.25) is 0 Å². The maximum Gasteiger partial charge on any atom is 0.137 e. The molecule has 1 atom stereocenters. The molecule has 0 radical (unpaired) electrons. The zero-order valence-electron chi connectivity index (χ0n) is 20.1. The van der Waals surface area contributed by atoms with Gasteiger partial charge in [-0.1, -0.05) is 18.2 Å². The van der Waals surface area contributed by atoms with Gasteiger partial charge in [-0.15, -0.1) is 0 Å². The molecule has 0 aliphatic carbocycles. The molecular weight excluding hydrogens is 437 g/mol. The quantitative estimate of drug-likeness (QED) is 0.289. The van der Waals surface area contributed by atoms with Gasteiger partial charge in [-0.05, 0) is 90.6 Å². The molecule has 0 amide bonds. The molecular formula is C29H28FN5. The maximum atomic E-state index is 14.0. The van der Waals surface area contributed by atoms with E-state index in [0.29, 0.717) is 12.1 Å². The molecule has 6 heteroatoms. The van der Waals surface area contributed by atoms with Crippen molar-refractivity contribution in [1.29, 1.82) is 0 Å². The zero-order chi connectivity index (χ0) is 24.4. The third-order valence-corrected chi connectivity index (χ3v) is 6.36. The molecule has 176 valence electrons. The van der Waals surface area contributed by atoms with E-state index in [1.54, 1.807) is 19.3 Å². The second-order valence-electron chi connectivity index (χ2n) is 8.76. The van der Waals surface area contributed by atoms with Crippen LogP contribution in [0, 0.1) is 19.7 Å². The minimum absolute atomic E-state index is 0.0999. The Hall–Kier alpha value is -4.19. The first kappa shape index (κ1) is 22.6. The lowest BCUT2D eigenvalue weighted by molar-refractivity contribution is 0.615. The van der Waals surface area contributed by atoms with E-state index in [2.05, 4.69) is 56.8 Å². The lowest BCUT2D eigenvalue weighted by Gasteiger charge is -2.28. The Morgan fingerprint density at radius 2 is 2.00 bits per heavy atom. The number of aromatic nitrogens is 2. The first-order chi connectivity index (χ1) is 17.0. The summed E-state index contributed by atoms with van der Waals surface area (Å²) < 4.78 is 14.0. The predicted octanol–water partition coefficient (Wildman–Crippen LogP) is 6.40. The monoisotopic (exact) mass is 465 g/mol. The molecule has 1 aliphatic heterocycles. The van der Waals surface area contributed by atoms with Gasteiger partial charge in [0, 0.05) is 36.7 Å². The van der Waals surface area contributed by atoms with E-state index in [1.807, 2.05) is 43.6 Å². The van der Waals surface area contributed by atoms with Gasteiger partial charge in [-0.25, -0.2) is 9.37 Å². The van der Waals surface area contributed by atoms with Gasteiger partial charge in [0.05, 0.1) is 17.4 Å². The molecule has 5 rings (SSSR count). The van der Waals surface area contributed by atoms with Crippen LogP contribution in [0.5, 0.6) is 0 Å². The number of rotatable bonds is 6. The number of H-pyrrole nitrogens is 1. The van der Waals surface area contributed by atoms with E-state index in [9.17, 15) is 4.39 Å². The molecule has 0 saturated carbocycles. The summed E-state index contributed by atoms with van der Waals surface area (Å²) in [6.07, 6.45) is 9.74. The molecule has 2 aromatic carbocycles. The number of aryl methyl sites for hydroxylation is 2. The third kappa shape index (κ3) is 4.60. The number of allylic oxidation sites excluding steroid dienone is 1. The van der Waals surface area contributed by atoms with E-state index in [1.165, 1.54) is 6.07 Å². The van der Waals surface area contributed by atoms with Crippen molar-refractivity contribution in [3.05, 3.63) is 113 Å². The molecule has 0 saturated heterocycles. The van der Waals surface area contributed by atoms with Crippen LogP contribution in [0.25, 0.3) is 16.6 Å². The predicted molar refractivity (Wildman–Crippen MR) is 141 cm³/mol. The molecule has 1 aliphatic rings. The van der Waals surface area contributed by atoms with Crippen LogP contribution in [0.1, 0.15) is 40.8 Å². The number of aliphatic imine (C=N–C) groups is 1. The zero-order valence-corrected chi connectivity index (χ0v) is 20.1. The van der Waals surface area contributed by atoms with Crippen molar-refractivity contribution >= 4 is 28.5 Å². The Kier molecular flexibility index (Phi) is 6.19. The normalized spacial score (nSPS) is 15.7. The van der Waals surface area contributed by atoms with Crippen LogP contribution < -0.4 is 10.6 Å². The summed E-state index contributed by atoms with van der Waals surface area (Å²) in [5, 5.41) is 8.20. The van der Waals surface area contributed by atoms with Gasteiger partial charge in [0.2, 0.25) is 0 Å². The maximum absolute atomic E-state index is 14.0. The number of hydrogen-bond acceptors (Lipinski definition) is 4. The van der Waals surface area contributed by atoms with Crippen molar-refractivity contribution < 1.29 is 4.39 Å². The first-order valence-electron chi connectivity index (χ1n) is 11.7. The Morgan fingerprint density at radius 3 is 2.80 bits per heavy atom. The number of fused-ring (bicyclic) bond motifs is 1. The SMILES string of the molecule is CC=Nc1ccc(C2=CC(NCc3c[nH]c4ncccc34)=CNC2c2ccc(F)c(C)c2)cc1C. The fourth-order valence-electron chi connectivity index (χ4n) is 4.51. The molecule has 35 heavy (non-hydrogen) atoms. The molecule has 3 N–H and O–H groups in total. The van der Waals surface area contributed by atoms with Gasteiger partial charge in [-0.2, -0.15) is 0 Å². The highest BCUT2D eigenvalue weighted by Gasteiger charge is 2.22. The number of pyridine rings is 1. The molecule has 0 fully saturated rings. The fraction of sp³-hybridized carbons (Fsp3) is 0.172. The molecule has 2 aromatic heterocycles. The number of hydrogen-bond donors (Lipinski definition) is 3. The van der Waals surface area contributed by atoms with E-state index in [4.69, 9.17) is 0 Å². The Morgan fingerprint density at radius 1 is 1.11 bits per heavy atom. The smallest absolute Gasteiger partial charge is 0.137 e. The van der Waals surface area contributed by atoms with Crippen LogP contribution in [0.3, 0.4) is 0 Å². The van der Waals surface area contributed by atoms with Crippen molar-refractivity contribution in [1.82, 2.24) is 20.6 Å². The second kappa shape index (κ2) is 9.58. The average molecular weight is 466 g/mol. The highest BCUT2D eigenvalue weighted by molar-refractivity contribution is 5.80. The Balaban J connectivity index is 1.48. The standard InChI is InChI=1S/C29H28FN5/c1-4-31-27-10-8-20(13-19(27)3)25-14-23(17-34-28(25)21-7-9-26(30)18(2)12-21)33-15-22-16-35-29-24(22)6-5-11-32-29/h4-14,16-17,28,33-34H,15H2,1-3H3,(H,32,35). The largest absolute Gasteiger partial charge is 0.380 e. The lowest BCUT2D eigenvalue weighted by Crippen LogP contribution is -2.25. The molecule has 0 bridgehead atoms. The third-order valence-electron chi connectivity index (χ3n) is 6.36. The summed E-state index contributed by atoms with van der Waals surface area (Å²) in [6.45, 7) is 6.44. The van der Waals surface area contributed by atoms with Gasteiger partial charge in [-0.3, -0.25) is 4.99 Å². The molecule has 0 spiro atoms. The van der Waals surface area contributed by atoms with Crippen LogP contribution in [-0.4, -0.2) is 16.2 Å². The minimum Gasteiger partial charge on any atom is -0.380 e. The highest BCUT2D eigenvalue weighted by atomic mass is 19.1. The van der Waals surface area contributed by atoms with Gasteiger partial charge in [0.25, 0.3) is 0 Å². The summed E-state index contributed by atoms with van der Waals surface area (Å²) in [4.78, 5) is 12.1. The van der Waals surface area contributed by atoms with Crippen molar-refractivity contribution in [3.8, 4) is 0 Å². The van der Waals surface area contributed by atoms with Gasteiger partial charge in [0.15, 0.2) is 0 Å². The summed E-state index contributed by atoms with van der Waals surface area (Å²) in [6, 6.07) is 15.5. The second-order valence-corrected chi connectivity index (χ2v) is 8.76. The van der Waals surface area contributed by atoms with Crippen LogP contribution >= 0.6 is 0 Å². The van der Waals surface area contributed by atoms with Gasteiger partial charge in [0.1, 0.15) is 11.5 Å². The van der Waals surface area contributed by atoms with Crippen molar-refractivity contribution in [2.24, 2.45) is 4.99 Å². The van der Waals surface area contributed by atoms with Crippen molar-refractivity contribution in [2.75, 3.05) is 0 Å². The first-order valence-corrected chi connectivity index (χ1v) is 11.7. The van der Waals surface area contributed by atoms with Crippen LogP contribution in [0.15, 0.2) is 83.9 Å². The molecule has 4 aromatic rings. The minimum atomic E-state index is -0.196. The van der Waals surface area contributed by atoms with Crippen molar-refractivity contribution in [3.63, 3.8) is 0 Å². The van der Waals surface area contributed by atoms with E-state index in [0.717, 1.165) is 50.2 Å².